The molecule has 2 aromatic rings. The lowest BCUT2D eigenvalue weighted by molar-refractivity contribution is 0.244. The van der Waals surface area contributed by atoms with Gasteiger partial charge in [0.1, 0.15) is 0 Å². The Morgan fingerprint density at radius 3 is 2.65 bits per heavy atom. The molecular weight excluding hydrogens is 246 g/mol. The van der Waals surface area contributed by atoms with Crippen LogP contribution in [-0.4, -0.2) is 28.0 Å². The molecule has 0 aromatic carbocycles. The van der Waals surface area contributed by atoms with Crippen LogP contribution in [0.25, 0.3) is 0 Å². The zero-order valence-corrected chi connectivity index (χ0v) is 12.8. The Kier molecular flexibility index (Phi) is 4.85. The maximum absolute atomic E-state index is 4.56. The van der Waals surface area contributed by atoms with E-state index in [4.69, 9.17) is 0 Å². The molecular formula is C17H23N3. The van der Waals surface area contributed by atoms with Crippen LogP contribution < -0.4 is 0 Å². The van der Waals surface area contributed by atoms with Crippen molar-refractivity contribution < 1.29 is 0 Å². The van der Waals surface area contributed by atoms with Gasteiger partial charge in [-0.05, 0) is 57.6 Å². The van der Waals surface area contributed by atoms with Gasteiger partial charge in [0.25, 0.3) is 0 Å². The van der Waals surface area contributed by atoms with E-state index < -0.39 is 0 Å². The van der Waals surface area contributed by atoms with Gasteiger partial charge in [-0.15, -0.1) is 0 Å². The van der Waals surface area contributed by atoms with Crippen molar-refractivity contribution in [2.45, 2.75) is 39.8 Å². The minimum absolute atomic E-state index is 0.437. The Balaban J connectivity index is 1.96. The van der Waals surface area contributed by atoms with E-state index in [2.05, 4.69) is 54.0 Å². The average Bonchev–Trinajstić information content (AvgIpc) is 2.38. The van der Waals surface area contributed by atoms with Crippen molar-refractivity contribution in [2.24, 2.45) is 0 Å². The Bertz CT molecular complexity index is 514. The molecule has 2 rings (SSSR count). The van der Waals surface area contributed by atoms with Gasteiger partial charge in [-0.25, -0.2) is 0 Å². The van der Waals surface area contributed by atoms with Crippen LogP contribution in [-0.2, 0) is 13.0 Å². The van der Waals surface area contributed by atoms with E-state index in [0.29, 0.717) is 6.04 Å². The first kappa shape index (κ1) is 14.7. The third-order valence-corrected chi connectivity index (χ3v) is 3.59. The zero-order chi connectivity index (χ0) is 14.5. The fourth-order valence-corrected chi connectivity index (χ4v) is 2.27. The lowest BCUT2D eigenvalue weighted by Crippen LogP contribution is -2.31. The molecule has 0 amide bonds. The van der Waals surface area contributed by atoms with Crippen molar-refractivity contribution in [3.05, 3.63) is 59.2 Å². The van der Waals surface area contributed by atoms with Gasteiger partial charge in [0.15, 0.2) is 0 Å². The lowest BCUT2D eigenvalue weighted by atomic mass is 10.1. The molecule has 0 spiro atoms. The number of hydrogen-bond acceptors (Lipinski definition) is 3. The molecule has 0 N–H and O–H groups in total. The Labute approximate surface area is 121 Å². The molecule has 2 heterocycles. The Morgan fingerprint density at radius 1 is 1.15 bits per heavy atom. The molecule has 106 valence electrons. The molecule has 1 atom stereocenters. The van der Waals surface area contributed by atoms with Gasteiger partial charge in [0.05, 0.1) is 5.69 Å². The second-order valence-corrected chi connectivity index (χ2v) is 5.56. The maximum atomic E-state index is 4.56. The summed E-state index contributed by atoms with van der Waals surface area (Å²) in [5, 5.41) is 0. The summed E-state index contributed by atoms with van der Waals surface area (Å²) in [6.45, 7) is 7.24. The quantitative estimate of drug-likeness (QED) is 0.835. The van der Waals surface area contributed by atoms with Gasteiger partial charge < -0.3 is 0 Å². The number of nitrogens with zero attached hydrogens (tertiary/aromatic N) is 3. The lowest BCUT2D eigenvalue weighted by Gasteiger charge is -2.24. The second-order valence-electron chi connectivity index (χ2n) is 5.56. The van der Waals surface area contributed by atoms with Crippen LogP contribution in [0.4, 0.5) is 0 Å². The van der Waals surface area contributed by atoms with E-state index >= 15 is 0 Å². The molecule has 2 aromatic heterocycles. The van der Waals surface area contributed by atoms with Crippen LogP contribution >= 0.6 is 0 Å². The van der Waals surface area contributed by atoms with Crippen LogP contribution in [0.5, 0.6) is 0 Å². The van der Waals surface area contributed by atoms with E-state index in [-0.39, 0.29) is 0 Å². The third-order valence-electron chi connectivity index (χ3n) is 3.59. The second kappa shape index (κ2) is 6.62. The topological polar surface area (TPSA) is 29.0 Å². The van der Waals surface area contributed by atoms with E-state index in [1.54, 1.807) is 0 Å². The van der Waals surface area contributed by atoms with Gasteiger partial charge in [-0.1, -0.05) is 6.07 Å². The van der Waals surface area contributed by atoms with E-state index in [1.807, 2.05) is 25.3 Å². The predicted octanol–water partition coefficient (Wildman–Crippen LogP) is 3.16. The molecule has 0 radical (unpaired) electrons. The largest absolute Gasteiger partial charge is 0.297 e. The minimum Gasteiger partial charge on any atom is -0.297 e. The summed E-state index contributed by atoms with van der Waals surface area (Å²) < 4.78 is 0. The van der Waals surface area contributed by atoms with Gasteiger partial charge in [-0.2, -0.15) is 0 Å². The molecule has 0 fully saturated rings. The summed E-state index contributed by atoms with van der Waals surface area (Å²) in [6.07, 6.45) is 2.85. The Morgan fingerprint density at radius 2 is 1.95 bits per heavy atom. The van der Waals surface area contributed by atoms with Crippen molar-refractivity contribution in [1.29, 1.82) is 0 Å². The highest BCUT2D eigenvalue weighted by Crippen LogP contribution is 2.10. The van der Waals surface area contributed by atoms with Crippen LogP contribution in [0.15, 0.2) is 36.5 Å². The van der Waals surface area contributed by atoms with Crippen LogP contribution in [0, 0.1) is 13.8 Å². The fourth-order valence-electron chi connectivity index (χ4n) is 2.27. The van der Waals surface area contributed by atoms with Crippen LogP contribution in [0.3, 0.4) is 0 Å². The molecule has 0 aliphatic rings. The first-order valence-electron chi connectivity index (χ1n) is 7.09. The molecule has 3 nitrogen and oxygen atoms in total. The number of pyridine rings is 2. The molecule has 1 unspecified atom stereocenters. The normalized spacial score (nSPS) is 12.7. The van der Waals surface area contributed by atoms with E-state index in [0.717, 1.165) is 30.0 Å². The van der Waals surface area contributed by atoms with Gasteiger partial charge in [0, 0.05) is 36.6 Å². The van der Waals surface area contributed by atoms with Crippen molar-refractivity contribution in [3.8, 4) is 0 Å². The summed E-state index contributed by atoms with van der Waals surface area (Å²) in [5.74, 6) is 0. The summed E-state index contributed by atoms with van der Waals surface area (Å²) in [6, 6.07) is 10.8. The summed E-state index contributed by atoms with van der Waals surface area (Å²) in [4.78, 5) is 11.3. The molecule has 0 aliphatic carbocycles. The van der Waals surface area contributed by atoms with Gasteiger partial charge >= 0.3 is 0 Å². The van der Waals surface area contributed by atoms with Crippen LogP contribution in [0.2, 0.25) is 0 Å². The molecule has 3 heteroatoms. The van der Waals surface area contributed by atoms with E-state index in [1.165, 1.54) is 5.56 Å². The zero-order valence-electron chi connectivity index (χ0n) is 12.8. The van der Waals surface area contributed by atoms with Crippen molar-refractivity contribution in [3.63, 3.8) is 0 Å². The number of hydrogen-bond donors (Lipinski definition) is 0. The SMILES string of the molecule is Cc1ccnc(CC(C)N(C)Cc2cccc(C)n2)c1. The number of aryl methyl sites for hydroxylation is 2. The standard InChI is InChI=1S/C17H23N3/c1-13-8-9-18-17(10-13)11-15(3)20(4)12-16-7-5-6-14(2)19-16/h5-10,15H,11-12H2,1-4H3. The monoisotopic (exact) mass is 269 g/mol. The molecule has 0 bridgehead atoms. The number of rotatable bonds is 5. The number of likely N-dealkylation sites (N-methyl/N-ethyl adjacent to an activating group) is 1. The van der Waals surface area contributed by atoms with Gasteiger partial charge in [0.2, 0.25) is 0 Å². The Hall–Kier alpha value is -1.74. The maximum Gasteiger partial charge on any atom is 0.0547 e. The van der Waals surface area contributed by atoms with Crippen molar-refractivity contribution in [2.75, 3.05) is 7.05 Å². The fraction of sp³-hybridized carbons (Fsp3) is 0.412. The highest BCUT2D eigenvalue weighted by Gasteiger charge is 2.12. The van der Waals surface area contributed by atoms with Crippen molar-refractivity contribution in [1.82, 2.24) is 14.9 Å². The smallest absolute Gasteiger partial charge is 0.0547 e. The van der Waals surface area contributed by atoms with Crippen molar-refractivity contribution >= 4 is 0 Å². The molecule has 0 aliphatic heterocycles. The molecule has 0 saturated heterocycles. The summed E-state index contributed by atoms with van der Waals surface area (Å²) >= 11 is 0. The number of aromatic nitrogens is 2. The van der Waals surface area contributed by atoms with Gasteiger partial charge in [-0.3, -0.25) is 14.9 Å². The highest BCUT2D eigenvalue weighted by molar-refractivity contribution is 5.15. The summed E-state index contributed by atoms with van der Waals surface area (Å²) in [5.41, 5.74) is 4.62. The predicted molar refractivity (Wildman–Crippen MR) is 82.6 cm³/mol. The van der Waals surface area contributed by atoms with E-state index in [9.17, 15) is 0 Å². The minimum atomic E-state index is 0.437. The third kappa shape index (κ3) is 4.14. The van der Waals surface area contributed by atoms with Crippen LogP contribution in [0.1, 0.15) is 29.6 Å². The molecule has 20 heavy (non-hydrogen) atoms. The molecule has 0 saturated carbocycles. The average molecular weight is 269 g/mol. The first-order chi connectivity index (χ1) is 9.54. The summed E-state index contributed by atoms with van der Waals surface area (Å²) in [7, 11) is 2.14. The highest BCUT2D eigenvalue weighted by atomic mass is 15.1. The first-order valence-corrected chi connectivity index (χ1v) is 7.09.